The molecule has 0 aromatic heterocycles. The number of urea groups is 1. The van der Waals surface area contributed by atoms with Crippen molar-refractivity contribution < 1.29 is 4.79 Å². The topological polar surface area (TPSA) is 32.3 Å². The van der Waals surface area contributed by atoms with Crippen LogP contribution in [0.1, 0.15) is 44.9 Å². The van der Waals surface area contributed by atoms with Crippen LogP contribution in [-0.4, -0.2) is 35.4 Å². The van der Waals surface area contributed by atoms with Crippen LogP contribution in [-0.2, 0) is 0 Å². The molecule has 1 aliphatic carbocycles. The molecule has 16 heavy (non-hydrogen) atoms. The van der Waals surface area contributed by atoms with Crippen LogP contribution in [0.25, 0.3) is 0 Å². The first-order chi connectivity index (χ1) is 7.77. The van der Waals surface area contributed by atoms with Crippen molar-refractivity contribution >= 4 is 17.6 Å². The molecule has 1 saturated carbocycles. The molecule has 1 saturated heterocycles. The van der Waals surface area contributed by atoms with Gasteiger partial charge in [0.25, 0.3) is 0 Å². The number of nitrogens with zero attached hydrogens (tertiary/aromatic N) is 1. The van der Waals surface area contributed by atoms with E-state index in [0.29, 0.717) is 0 Å². The summed E-state index contributed by atoms with van der Waals surface area (Å²) in [6.45, 7) is 1.82. The van der Waals surface area contributed by atoms with Gasteiger partial charge in [0.15, 0.2) is 0 Å². The van der Waals surface area contributed by atoms with Crippen LogP contribution >= 0.6 is 11.6 Å². The number of carbonyl (C=O) groups excluding carboxylic acids is 1. The van der Waals surface area contributed by atoms with Gasteiger partial charge in [0, 0.05) is 19.1 Å². The number of hydrogen-bond donors (Lipinski definition) is 1. The highest BCUT2D eigenvalue weighted by atomic mass is 35.5. The third-order valence-electron chi connectivity index (χ3n) is 3.63. The van der Waals surface area contributed by atoms with Crippen LogP contribution in [0, 0.1) is 0 Å². The number of alkyl halides is 1. The summed E-state index contributed by atoms with van der Waals surface area (Å²) in [6, 6.07) is 0.280. The third kappa shape index (κ3) is 3.03. The molecule has 2 fully saturated rings. The largest absolute Gasteiger partial charge is 0.334 e. The number of nitrogens with one attached hydrogen (secondary N) is 1. The normalized spacial score (nSPS) is 31.2. The Labute approximate surface area is 103 Å². The summed E-state index contributed by atoms with van der Waals surface area (Å²) in [6.07, 6.45) is 7.99. The average Bonchev–Trinajstić information content (AvgIpc) is 2.33. The molecule has 2 amide bonds. The number of likely N-dealkylation sites (tertiary alicyclic amines) is 1. The number of amides is 2. The fourth-order valence-corrected chi connectivity index (χ4v) is 2.94. The van der Waals surface area contributed by atoms with Crippen molar-refractivity contribution in [2.45, 2.75) is 56.4 Å². The lowest BCUT2D eigenvalue weighted by Gasteiger charge is -2.32. The van der Waals surface area contributed by atoms with Gasteiger partial charge in [0.2, 0.25) is 0 Å². The second-order valence-corrected chi connectivity index (χ2v) is 5.46. The fourth-order valence-electron chi connectivity index (χ4n) is 2.60. The molecular formula is C12H21ClN2O. The molecule has 0 spiro atoms. The summed E-state index contributed by atoms with van der Waals surface area (Å²) < 4.78 is 0. The molecule has 1 heterocycles. The van der Waals surface area contributed by atoms with E-state index in [9.17, 15) is 4.79 Å². The van der Waals surface area contributed by atoms with E-state index in [4.69, 9.17) is 11.6 Å². The number of piperidine rings is 1. The Balaban J connectivity index is 1.80. The van der Waals surface area contributed by atoms with Gasteiger partial charge in [-0.2, -0.15) is 0 Å². The Hall–Kier alpha value is -0.440. The molecule has 2 rings (SSSR count). The molecule has 3 nitrogen and oxygen atoms in total. The second-order valence-electron chi connectivity index (χ2n) is 4.90. The molecule has 2 atom stereocenters. The van der Waals surface area contributed by atoms with E-state index in [1.807, 2.05) is 4.90 Å². The van der Waals surface area contributed by atoms with Gasteiger partial charge in [-0.3, -0.25) is 0 Å². The van der Waals surface area contributed by atoms with E-state index < -0.39 is 0 Å². The van der Waals surface area contributed by atoms with Crippen molar-refractivity contribution in [3.63, 3.8) is 0 Å². The van der Waals surface area contributed by atoms with Gasteiger partial charge >= 0.3 is 6.03 Å². The summed E-state index contributed by atoms with van der Waals surface area (Å²) in [7, 11) is 0. The van der Waals surface area contributed by atoms with Crippen LogP contribution in [0.4, 0.5) is 4.79 Å². The summed E-state index contributed by atoms with van der Waals surface area (Å²) >= 11 is 6.23. The Morgan fingerprint density at radius 1 is 1.06 bits per heavy atom. The number of hydrogen-bond acceptors (Lipinski definition) is 1. The van der Waals surface area contributed by atoms with Crippen LogP contribution in [0.15, 0.2) is 0 Å². The van der Waals surface area contributed by atoms with Crippen molar-refractivity contribution in [1.29, 1.82) is 0 Å². The van der Waals surface area contributed by atoms with E-state index in [0.717, 1.165) is 38.8 Å². The fraction of sp³-hybridized carbons (Fsp3) is 0.917. The van der Waals surface area contributed by atoms with E-state index in [1.54, 1.807) is 0 Å². The summed E-state index contributed by atoms with van der Waals surface area (Å²) in [5.74, 6) is 0. The highest BCUT2D eigenvalue weighted by Gasteiger charge is 2.26. The average molecular weight is 245 g/mol. The molecule has 1 aliphatic heterocycles. The van der Waals surface area contributed by atoms with Crippen LogP contribution in [0.5, 0.6) is 0 Å². The molecule has 4 heteroatoms. The van der Waals surface area contributed by atoms with Gasteiger partial charge in [0.1, 0.15) is 0 Å². The lowest BCUT2D eigenvalue weighted by molar-refractivity contribution is 0.179. The zero-order chi connectivity index (χ0) is 11.4. The summed E-state index contributed by atoms with van der Waals surface area (Å²) in [5.41, 5.74) is 0. The SMILES string of the molecule is O=C(N[C@@H]1CCCC[C@@H]1Cl)N1CCCCC1. The molecule has 92 valence electrons. The van der Waals surface area contributed by atoms with Gasteiger partial charge in [-0.25, -0.2) is 4.79 Å². The van der Waals surface area contributed by atoms with Crippen LogP contribution in [0.3, 0.4) is 0 Å². The highest BCUT2D eigenvalue weighted by Crippen LogP contribution is 2.23. The number of rotatable bonds is 1. The minimum atomic E-state index is 0.0947. The minimum Gasteiger partial charge on any atom is -0.334 e. The third-order valence-corrected chi connectivity index (χ3v) is 4.16. The van der Waals surface area contributed by atoms with Crippen molar-refractivity contribution in [3.8, 4) is 0 Å². The lowest BCUT2D eigenvalue weighted by Crippen LogP contribution is -2.50. The Morgan fingerprint density at radius 2 is 1.75 bits per heavy atom. The van der Waals surface area contributed by atoms with E-state index in [1.165, 1.54) is 19.3 Å². The van der Waals surface area contributed by atoms with Crippen LogP contribution in [0.2, 0.25) is 0 Å². The monoisotopic (exact) mass is 244 g/mol. The maximum atomic E-state index is 12.0. The molecule has 0 unspecified atom stereocenters. The lowest BCUT2D eigenvalue weighted by atomic mass is 9.95. The highest BCUT2D eigenvalue weighted by molar-refractivity contribution is 6.21. The Morgan fingerprint density at radius 3 is 2.44 bits per heavy atom. The zero-order valence-electron chi connectivity index (χ0n) is 9.75. The predicted octanol–water partition coefficient (Wildman–Crippen LogP) is 2.73. The molecule has 2 aliphatic rings. The molecule has 0 radical (unpaired) electrons. The van der Waals surface area contributed by atoms with Crippen molar-refractivity contribution in [2.75, 3.05) is 13.1 Å². The second kappa shape index (κ2) is 5.76. The van der Waals surface area contributed by atoms with Gasteiger partial charge < -0.3 is 10.2 Å². The maximum Gasteiger partial charge on any atom is 0.317 e. The molecule has 0 aromatic carbocycles. The Kier molecular flexibility index (Phi) is 4.33. The van der Waals surface area contributed by atoms with Gasteiger partial charge in [-0.05, 0) is 32.1 Å². The molecular weight excluding hydrogens is 224 g/mol. The van der Waals surface area contributed by atoms with E-state index in [-0.39, 0.29) is 17.5 Å². The first-order valence-corrected chi connectivity index (χ1v) is 6.90. The van der Waals surface area contributed by atoms with Crippen molar-refractivity contribution in [2.24, 2.45) is 0 Å². The van der Waals surface area contributed by atoms with E-state index >= 15 is 0 Å². The van der Waals surface area contributed by atoms with Gasteiger partial charge in [0.05, 0.1) is 5.38 Å². The smallest absolute Gasteiger partial charge is 0.317 e. The molecule has 0 aromatic rings. The number of halogens is 1. The van der Waals surface area contributed by atoms with Gasteiger partial charge in [-0.1, -0.05) is 12.8 Å². The zero-order valence-corrected chi connectivity index (χ0v) is 10.5. The van der Waals surface area contributed by atoms with Crippen LogP contribution < -0.4 is 5.32 Å². The quantitative estimate of drug-likeness (QED) is 0.707. The maximum absolute atomic E-state index is 12.0. The molecule has 1 N–H and O–H groups in total. The molecule has 0 bridgehead atoms. The van der Waals surface area contributed by atoms with Crippen molar-refractivity contribution in [1.82, 2.24) is 10.2 Å². The van der Waals surface area contributed by atoms with Gasteiger partial charge in [-0.15, -0.1) is 11.6 Å². The minimum absolute atomic E-state index is 0.0947. The summed E-state index contributed by atoms with van der Waals surface area (Å²) in [4.78, 5) is 13.9. The Bertz CT molecular complexity index is 241. The first kappa shape index (κ1) is 12.0. The van der Waals surface area contributed by atoms with Crippen molar-refractivity contribution in [3.05, 3.63) is 0 Å². The predicted molar refractivity (Wildman–Crippen MR) is 65.9 cm³/mol. The standard InChI is InChI=1S/C12H21ClN2O/c13-10-6-2-3-7-11(10)14-12(16)15-8-4-1-5-9-15/h10-11H,1-9H2,(H,14,16)/t10-,11+/m0/s1. The first-order valence-electron chi connectivity index (χ1n) is 6.47. The summed E-state index contributed by atoms with van der Waals surface area (Å²) in [5, 5.41) is 3.22. The van der Waals surface area contributed by atoms with E-state index in [2.05, 4.69) is 5.32 Å². The number of carbonyl (C=O) groups is 1.